The van der Waals surface area contributed by atoms with Crippen LogP contribution in [0.4, 0.5) is 0 Å². The highest BCUT2D eigenvalue weighted by Crippen LogP contribution is 2.36. The highest BCUT2D eigenvalue weighted by molar-refractivity contribution is 7.99. The summed E-state index contributed by atoms with van der Waals surface area (Å²) in [6.45, 7) is 0. The van der Waals surface area contributed by atoms with Gasteiger partial charge in [0.15, 0.2) is 0 Å². The van der Waals surface area contributed by atoms with Crippen LogP contribution in [-0.2, 0) is 0 Å². The van der Waals surface area contributed by atoms with E-state index in [1.807, 2.05) is 11.8 Å². The SMILES string of the molecule is C1=CCC(NC2CCSc3ccccc32)CC1. The number of hydrogen-bond acceptors (Lipinski definition) is 2. The van der Waals surface area contributed by atoms with Crippen molar-refractivity contribution in [2.45, 2.75) is 42.7 Å². The number of rotatable bonds is 2. The molecular formula is C15H19NS. The van der Waals surface area contributed by atoms with Gasteiger partial charge < -0.3 is 5.32 Å². The molecule has 2 unspecified atom stereocenters. The molecule has 0 saturated heterocycles. The maximum atomic E-state index is 3.85. The van der Waals surface area contributed by atoms with Gasteiger partial charge in [-0.1, -0.05) is 30.4 Å². The van der Waals surface area contributed by atoms with Crippen molar-refractivity contribution in [1.82, 2.24) is 5.32 Å². The molecule has 0 fully saturated rings. The second-order valence-electron chi connectivity index (χ2n) is 4.88. The van der Waals surface area contributed by atoms with Crippen LogP contribution in [0.5, 0.6) is 0 Å². The fraction of sp³-hybridized carbons (Fsp3) is 0.467. The lowest BCUT2D eigenvalue weighted by molar-refractivity contribution is 0.398. The molecule has 1 heterocycles. The standard InChI is InChI=1S/C15H19NS/c1-2-6-12(7-3-1)16-14-10-11-17-15-9-5-4-8-13(14)15/h1-2,4-5,8-9,12,14,16H,3,6-7,10-11H2. The number of thioether (sulfide) groups is 1. The van der Waals surface area contributed by atoms with Crippen LogP contribution >= 0.6 is 11.8 Å². The monoisotopic (exact) mass is 245 g/mol. The quantitative estimate of drug-likeness (QED) is 0.793. The lowest BCUT2D eigenvalue weighted by atomic mass is 9.97. The second kappa shape index (κ2) is 5.28. The molecule has 0 radical (unpaired) electrons. The van der Waals surface area contributed by atoms with Crippen LogP contribution in [0.2, 0.25) is 0 Å². The van der Waals surface area contributed by atoms with Gasteiger partial charge in [0.05, 0.1) is 0 Å². The van der Waals surface area contributed by atoms with Gasteiger partial charge >= 0.3 is 0 Å². The Hall–Kier alpha value is -0.730. The Bertz CT molecular complexity index is 413. The van der Waals surface area contributed by atoms with E-state index in [9.17, 15) is 0 Å². The molecule has 1 aliphatic heterocycles. The fourth-order valence-corrected chi connectivity index (χ4v) is 3.87. The molecule has 90 valence electrons. The predicted molar refractivity (Wildman–Crippen MR) is 74.4 cm³/mol. The van der Waals surface area contributed by atoms with Gasteiger partial charge in [0.1, 0.15) is 0 Å². The molecule has 3 rings (SSSR count). The molecule has 0 aromatic heterocycles. The molecule has 2 atom stereocenters. The minimum absolute atomic E-state index is 0.573. The Labute approximate surface area is 108 Å². The van der Waals surface area contributed by atoms with E-state index >= 15 is 0 Å². The fourth-order valence-electron chi connectivity index (χ4n) is 2.74. The van der Waals surface area contributed by atoms with Gasteiger partial charge in [0, 0.05) is 17.0 Å². The normalized spacial score (nSPS) is 27.8. The molecule has 1 aliphatic carbocycles. The number of hydrogen-bond donors (Lipinski definition) is 1. The van der Waals surface area contributed by atoms with Gasteiger partial charge in [0.25, 0.3) is 0 Å². The number of benzene rings is 1. The molecule has 0 bridgehead atoms. The Morgan fingerprint density at radius 3 is 2.94 bits per heavy atom. The minimum atomic E-state index is 0.573. The summed E-state index contributed by atoms with van der Waals surface area (Å²) in [5.74, 6) is 1.25. The minimum Gasteiger partial charge on any atom is -0.307 e. The lowest BCUT2D eigenvalue weighted by Crippen LogP contribution is -2.34. The summed E-state index contributed by atoms with van der Waals surface area (Å²) >= 11 is 2.00. The van der Waals surface area contributed by atoms with Gasteiger partial charge in [0.2, 0.25) is 0 Å². The molecule has 1 aromatic carbocycles. The molecular weight excluding hydrogens is 226 g/mol. The van der Waals surface area contributed by atoms with Crippen LogP contribution in [0.15, 0.2) is 41.3 Å². The van der Waals surface area contributed by atoms with E-state index < -0.39 is 0 Å². The summed E-state index contributed by atoms with van der Waals surface area (Å²) in [6.07, 6.45) is 9.63. The van der Waals surface area contributed by atoms with E-state index in [1.165, 1.54) is 41.9 Å². The molecule has 1 aromatic rings. The Morgan fingerprint density at radius 1 is 1.12 bits per heavy atom. The van der Waals surface area contributed by atoms with E-state index in [1.54, 1.807) is 0 Å². The number of allylic oxidation sites excluding steroid dienone is 1. The van der Waals surface area contributed by atoms with Gasteiger partial charge in [-0.3, -0.25) is 0 Å². The van der Waals surface area contributed by atoms with Crippen molar-refractivity contribution in [2.75, 3.05) is 5.75 Å². The van der Waals surface area contributed by atoms with Gasteiger partial charge in [-0.2, -0.15) is 0 Å². The average Bonchev–Trinajstić information content (AvgIpc) is 2.40. The first kappa shape index (κ1) is 11.4. The zero-order valence-electron chi connectivity index (χ0n) is 10.1. The van der Waals surface area contributed by atoms with E-state index in [-0.39, 0.29) is 0 Å². The maximum Gasteiger partial charge on any atom is 0.0341 e. The first-order chi connectivity index (χ1) is 8.43. The van der Waals surface area contributed by atoms with Crippen molar-refractivity contribution >= 4 is 11.8 Å². The van der Waals surface area contributed by atoms with Crippen LogP contribution in [0.1, 0.15) is 37.3 Å². The van der Waals surface area contributed by atoms with Crippen LogP contribution in [0.3, 0.4) is 0 Å². The van der Waals surface area contributed by atoms with Crippen molar-refractivity contribution in [3.05, 3.63) is 42.0 Å². The maximum absolute atomic E-state index is 3.85. The van der Waals surface area contributed by atoms with Crippen LogP contribution in [0, 0.1) is 0 Å². The van der Waals surface area contributed by atoms with E-state index in [4.69, 9.17) is 0 Å². The first-order valence-electron chi connectivity index (χ1n) is 6.56. The molecule has 17 heavy (non-hydrogen) atoms. The molecule has 0 amide bonds. The molecule has 1 nitrogen and oxygen atoms in total. The molecule has 0 saturated carbocycles. The zero-order valence-corrected chi connectivity index (χ0v) is 10.9. The number of fused-ring (bicyclic) bond motifs is 1. The van der Waals surface area contributed by atoms with Crippen molar-refractivity contribution < 1.29 is 0 Å². The summed E-state index contributed by atoms with van der Waals surface area (Å²) in [5, 5.41) is 3.85. The summed E-state index contributed by atoms with van der Waals surface area (Å²) in [4.78, 5) is 1.47. The smallest absolute Gasteiger partial charge is 0.0341 e. The summed E-state index contributed by atoms with van der Waals surface area (Å²) < 4.78 is 0. The highest BCUT2D eigenvalue weighted by Gasteiger charge is 2.22. The van der Waals surface area contributed by atoms with Crippen molar-refractivity contribution in [2.24, 2.45) is 0 Å². The van der Waals surface area contributed by atoms with Crippen molar-refractivity contribution in [3.8, 4) is 0 Å². The summed E-state index contributed by atoms with van der Waals surface area (Å²) in [7, 11) is 0. The van der Waals surface area contributed by atoms with Gasteiger partial charge in [-0.05, 0) is 43.1 Å². The van der Waals surface area contributed by atoms with Crippen LogP contribution < -0.4 is 5.32 Å². The van der Waals surface area contributed by atoms with Gasteiger partial charge in [-0.15, -0.1) is 11.8 Å². The highest BCUT2D eigenvalue weighted by atomic mass is 32.2. The largest absolute Gasteiger partial charge is 0.307 e. The van der Waals surface area contributed by atoms with Crippen molar-refractivity contribution in [1.29, 1.82) is 0 Å². The molecule has 2 heteroatoms. The molecule has 2 aliphatic rings. The molecule has 0 spiro atoms. The second-order valence-corrected chi connectivity index (χ2v) is 6.01. The van der Waals surface area contributed by atoms with Gasteiger partial charge in [-0.25, -0.2) is 0 Å². The summed E-state index contributed by atoms with van der Waals surface area (Å²) in [6, 6.07) is 10.1. The predicted octanol–water partition coefficient (Wildman–Crippen LogP) is 3.92. The van der Waals surface area contributed by atoms with E-state index in [0.717, 1.165) is 0 Å². The third-order valence-corrected chi connectivity index (χ3v) is 4.79. The average molecular weight is 245 g/mol. The third kappa shape index (κ3) is 2.58. The topological polar surface area (TPSA) is 12.0 Å². The zero-order chi connectivity index (χ0) is 11.5. The Balaban J connectivity index is 1.74. The van der Waals surface area contributed by atoms with Crippen molar-refractivity contribution in [3.63, 3.8) is 0 Å². The summed E-state index contributed by atoms with van der Waals surface area (Å²) in [5.41, 5.74) is 1.51. The van der Waals surface area contributed by atoms with Crippen LogP contribution in [0.25, 0.3) is 0 Å². The lowest BCUT2D eigenvalue weighted by Gasteiger charge is -2.30. The third-order valence-electron chi connectivity index (χ3n) is 3.66. The van der Waals surface area contributed by atoms with E-state index in [0.29, 0.717) is 12.1 Å². The number of nitrogens with one attached hydrogen (secondary N) is 1. The Kier molecular flexibility index (Phi) is 3.53. The Morgan fingerprint density at radius 2 is 2.06 bits per heavy atom. The molecule has 1 N–H and O–H groups in total. The van der Waals surface area contributed by atoms with E-state index in [2.05, 4.69) is 41.7 Å². The van der Waals surface area contributed by atoms with Crippen LogP contribution in [-0.4, -0.2) is 11.8 Å². The first-order valence-corrected chi connectivity index (χ1v) is 7.55.